The van der Waals surface area contributed by atoms with Crippen molar-refractivity contribution < 1.29 is 5.11 Å². The van der Waals surface area contributed by atoms with Gasteiger partial charge in [0, 0.05) is 24.3 Å². The highest BCUT2D eigenvalue weighted by atomic mass is 32.1. The summed E-state index contributed by atoms with van der Waals surface area (Å²) in [6, 6.07) is 4.17. The van der Waals surface area contributed by atoms with Crippen LogP contribution in [0.15, 0.2) is 18.3 Å². The van der Waals surface area contributed by atoms with E-state index in [9.17, 15) is 5.11 Å². The molecule has 100 valence electrons. The van der Waals surface area contributed by atoms with Crippen LogP contribution >= 0.6 is 12.2 Å². The number of nitrogens with two attached hydrogens (primary N) is 1. The van der Waals surface area contributed by atoms with Crippen LogP contribution in [-0.2, 0) is 0 Å². The Balaban J connectivity index is 2.94. The highest BCUT2D eigenvalue weighted by molar-refractivity contribution is 7.80. The van der Waals surface area contributed by atoms with E-state index in [1.54, 1.807) is 6.20 Å². The van der Waals surface area contributed by atoms with E-state index in [0.717, 1.165) is 24.2 Å². The molecule has 0 radical (unpaired) electrons. The van der Waals surface area contributed by atoms with E-state index >= 15 is 0 Å². The Kier molecular flexibility index (Phi) is 6.01. The summed E-state index contributed by atoms with van der Waals surface area (Å²) in [5.41, 5.74) is 6.31. The minimum absolute atomic E-state index is 0.120. The second kappa shape index (κ2) is 7.28. The van der Waals surface area contributed by atoms with E-state index in [1.165, 1.54) is 0 Å². The molecule has 5 heteroatoms. The van der Waals surface area contributed by atoms with Crippen molar-refractivity contribution in [2.24, 2.45) is 5.73 Å². The monoisotopic (exact) mass is 267 g/mol. The predicted molar refractivity (Wildman–Crippen MR) is 78.9 cm³/mol. The van der Waals surface area contributed by atoms with Gasteiger partial charge in [-0.05, 0) is 25.0 Å². The summed E-state index contributed by atoms with van der Waals surface area (Å²) < 4.78 is 0. The van der Waals surface area contributed by atoms with Gasteiger partial charge in [-0.1, -0.05) is 26.1 Å². The van der Waals surface area contributed by atoms with E-state index in [-0.39, 0.29) is 6.61 Å². The number of hydrogen-bond donors (Lipinski definition) is 2. The van der Waals surface area contributed by atoms with Crippen LogP contribution in [0.5, 0.6) is 0 Å². The summed E-state index contributed by atoms with van der Waals surface area (Å²) in [5, 5.41) is 9.17. The van der Waals surface area contributed by atoms with Crippen LogP contribution in [0.1, 0.15) is 32.3 Å². The van der Waals surface area contributed by atoms with Gasteiger partial charge in [-0.2, -0.15) is 0 Å². The number of nitrogens with zero attached hydrogens (tertiary/aromatic N) is 2. The quantitative estimate of drug-likeness (QED) is 0.736. The first-order valence-electron chi connectivity index (χ1n) is 6.27. The number of rotatable bonds is 7. The average molecular weight is 267 g/mol. The first kappa shape index (κ1) is 14.9. The lowest BCUT2D eigenvalue weighted by Crippen LogP contribution is -2.37. The molecule has 18 heavy (non-hydrogen) atoms. The van der Waals surface area contributed by atoms with Gasteiger partial charge in [0.2, 0.25) is 0 Å². The molecule has 3 N–H and O–H groups in total. The molecule has 1 aromatic heterocycles. The zero-order chi connectivity index (χ0) is 13.5. The van der Waals surface area contributed by atoms with Gasteiger partial charge in [0.1, 0.15) is 10.8 Å². The summed E-state index contributed by atoms with van der Waals surface area (Å²) in [6.07, 6.45) is 3.73. The number of aliphatic hydroxyl groups excluding tert-OH is 1. The second-order valence-corrected chi connectivity index (χ2v) is 4.60. The lowest BCUT2D eigenvalue weighted by molar-refractivity contribution is 0.295. The maximum absolute atomic E-state index is 9.17. The van der Waals surface area contributed by atoms with Crippen LogP contribution in [0, 0.1) is 0 Å². The normalized spacial score (nSPS) is 10.7. The maximum Gasteiger partial charge on any atom is 0.128 e. The number of hydrogen-bond acceptors (Lipinski definition) is 4. The SMILES string of the molecule is CCC(CC)N(CCO)c1ccc(C(N)=S)cn1. The standard InChI is InChI=1S/C13H21N3OS/c1-3-11(4-2)16(7-8-17)12-6-5-10(9-15-12)13(14)18/h5-6,9,11,17H,3-4,7-8H2,1-2H3,(H2,14,18). The fraction of sp³-hybridized carbons (Fsp3) is 0.538. The largest absolute Gasteiger partial charge is 0.395 e. The van der Waals surface area contributed by atoms with Gasteiger partial charge in [0.15, 0.2) is 0 Å². The highest BCUT2D eigenvalue weighted by Gasteiger charge is 2.16. The highest BCUT2D eigenvalue weighted by Crippen LogP contribution is 2.18. The van der Waals surface area contributed by atoms with Crippen LogP contribution < -0.4 is 10.6 Å². The lowest BCUT2D eigenvalue weighted by Gasteiger charge is -2.31. The molecule has 0 amide bonds. The van der Waals surface area contributed by atoms with Gasteiger partial charge in [0.05, 0.1) is 6.61 Å². The molecule has 0 saturated heterocycles. The van der Waals surface area contributed by atoms with E-state index in [1.807, 2.05) is 12.1 Å². The summed E-state index contributed by atoms with van der Waals surface area (Å²) in [6.45, 7) is 4.99. The van der Waals surface area contributed by atoms with Crippen molar-refractivity contribution in [3.8, 4) is 0 Å². The molecule has 0 bridgehead atoms. The van der Waals surface area contributed by atoms with Crippen molar-refractivity contribution in [2.75, 3.05) is 18.1 Å². The van der Waals surface area contributed by atoms with Crippen molar-refractivity contribution >= 4 is 23.0 Å². The molecule has 1 rings (SSSR count). The Morgan fingerprint density at radius 3 is 2.50 bits per heavy atom. The molecule has 0 fully saturated rings. The van der Waals surface area contributed by atoms with Gasteiger partial charge in [-0.15, -0.1) is 0 Å². The van der Waals surface area contributed by atoms with Crippen LogP contribution in [0.3, 0.4) is 0 Å². The minimum Gasteiger partial charge on any atom is -0.395 e. The Morgan fingerprint density at radius 1 is 1.44 bits per heavy atom. The first-order valence-corrected chi connectivity index (χ1v) is 6.68. The molecule has 0 aliphatic rings. The van der Waals surface area contributed by atoms with Gasteiger partial charge < -0.3 is 15.7 Å². The molecular formula is C13H21N3OS. The molecular weight excluding hydrogens is 246 g/mol. The third-order valence-electron chi connectivity index (χ3n) is 3.05. The fourth-order valence-corrected chi connectivity index (χ4v) is 2.14. The van der Waals surface area contributed by atoms with Crippen LogP contribution in [0.2, 0.25) is 0 Å². The van der Waals surface area contributed by atoms with Gasteiger partial charge in [-0.3, -0.25) is 0 Å². The van der Waals surface area contributed by atoms with Crippen molar-refractivity contribution in [2.45, 2.75) is 32.7 Å². The Labute approximate surface area is 114 Å². The molecule has 0 spiro atoms. The van der Waals surface area contributed by atoms with Crippen LogP contribution in [-0.4, -0.2) is 34.3 Å². The van der Waals surface area contributed by atoms with Crippen molar-refractivity contribution in [1.29, 1.82) is 0 Å². The zero-order valence-corrected chi connectivity index (χ0v) is 11.8. The third-order valence-corrected chi connectivity index (χ3v) is 3.29. The summed E-state index contributed by atoms with van der Waals surface area (Å²) in [4.78, 5) is 6.86. The fourth-order valence-electron chi connectivity index (χ4n) is 2.02. The minimum atomic E-state index is 0.120. The number of anilines is 1. The van der Waals surface area contributed by atoms with E-state index in [0.29, 0.717) is 17.6 Å². The van der Waals surface area contributed by atoms with Gasteiger partial charge in [0.25, 0.3) is 0 Å². The van der Waals surface area contributed by atoms with E-state index in [2.05, 4.69) is 23.7 Å². The molecule has 4 nitrogen and oxygen atoms in total. The van der Waals surface area contributed by atoms with Crippen LogP contribution in [0.4, 0.5) is 5.82 Å². The molecule has 0 saturated carbocycles. The Morgan fingerprint density at radius 2 is 2.11 bits per heavy atom. The second-order valence-electron chi connectivity index (χ2n) is 4.16. The van der Waals surface area contributed by atoms with Crippen molar-refractivity contribution in [3.63, 3.8) is 0 Å². The maximum atomic E-state index is 9.17. The summed E-state index contributed by atoms with van der Waals surface area (Å²) in [5.74, 6) is 0.859. The number of pyridine rings is 1. The van der Waals surface area contributed by atoms with E-state index < -0.39 is 0 Å². The molecule has 0 aliphatic heterocycles. The predicted octanol–water partition coefficient (Wildman–Crippen LogP) is 1.70. The Hall–Kier alpha value is -1.20. The molecule has 0 aliphatic carbocycles. The topological polar surface area (TPSA) is 62.4 Å². The van der Waals surface area contributed by atoms with Crippen LogP contribution in [0.25, 0.3) is 0 Å². The molecule has 0 aromatic carbocycles. The molecule has 1 aromatic rings. The third kappa shape index (κ3) is 3.65. The molecule has 0 unspecified atom stereocenters. The van der Waals surface area contributed by atoms with Gasteiger partial charge >= 0.3 is 0 Å². The zero-order valence-electron chi connectivity index (χ0n) is 11.0. The van der Waals surface area contributed by atoms with E-state index in [4.69, 9.17) is 18.0 Å². The first-order chi connectivity index (χ1) is 8.63. The molecule has 0 atom stereocenters. The number of aromatic nitrogens is 1. The summed E-state index contributed by atoms with van der Waals surface area (Å²) >= 11 is 4.90. The van der Waals surface area contributed by atoms with Gasteiger partial charge in [-0.25, -0.2) is 4.98 Å². The smallest absolute Gasteiger partial charge is 0.128 e. The number of aliphatic hydroxyl groups is 1. The van der Waals surface area contributed by atoms with Crippen molar-refractivity contribution in [1.82, 2.24) is 4.98 Å². The number of thiocarbonyl (C=S) groups is 1. The lowest BCUT2D eigenvalue weighted by atomic mass is 10.1. The molecule has 1 heterocycles. The Bertz CT molecular complexity index is 376. The average Bonchev–Trinajstić information content (AvgIpc) is 2.39. The van der Waals surface area contributed by atoms with Crippen molar-refractivity contribution in [3.05, 3.63) is 23.9 Å². The summed E-state index contributed by atoms with van der Waals surface area (Å²) in [7, 11) is 0.